The monoisotopic (exact) mass is 311 g/mol. The van der Waals surface area contributed by atoms with E-state index in [4.69, 9.17) is 5.11 Å². The van der Waals surface area contributed by atoms with Gasteiger partial charge in [-0.2, -0.15) is 0 Å². The van der Waals surface area contributed by atoms with E-state index in [2.05, 4.69) is 4.72 Å². The van der Waals surface area contributed by atoms with E-state index in [1.54, 1.807) is 0 Å². The van der Waals surface area contributed by atoms with Crippen LogP contribution in [0.15, 0.2) is 29.2 Å². The highest BCUT2D eigenvalue weighted by Gasteiger charge is 2.35. The largest absolute Gasteiger partial charge is 0.481 e. The predicted molar refractivity (Wildman–Crippen MR) is 75.5 cm³/mol. The molecular weight excluding hydrogens is 294 g/mol. The Kier molecular flexibility index (Phi) is 4.43. The predicted octanol–water partition coefficient (Wildman–Crippen LogP) is 1.42. The molecule has 1 aliphatic carbocycles. The van der Waals surface area contributed by atoms with Crippen molar-refractivity contribution in [3.63, 3.8) is 0 Å². The number of nitrogens with one attached hydrogen (secondary N) is 1. The number of ketones is 1. The molecule has 0 bridgehead atoms. The van der Waals surface area contributed by atoms with Gasteiger partial charge in [0.05, 0.1) is 10.8 Å². The number of hydrogen-bond donors (Lipinski definition) is 2. The van der Waals surface area contributed by atoms with E-state index >= 15 is 0 Å². The molecule has 21 heavy (non-hydrogen) atoms. The lowest BCUT2D eigenvalue weighted by molar-refractivity contribution is -0.141. The number of carbonyl (C=O) groups excluding carboxylic acids is 1. The van der Waals surface area contributed by atoms with E-state index in [1.165, 1.54) is 31.2 Å². The summed E-state index contributed by atoms with van der Waals surface area (Å²) in [5, 5.41) is 9.09. The first-order chi connectivity index (χ1) is 9.81. The summed E-state index contributed by atoms with van der Waals surface area (Å²) < 4.78 is 27.1. The zero-order chi connectivity index (χ0) is 15.6. The van der Waals surface area contributed by atoms with Gasteiger partial charge in [0, 0.05) is 11.6 Å². The molecule has 2 atom stereocenters. The molecule has 0 amide bonds. The molecule has 1 fully saturated rings. The molecule has 7 heteroatoms. The molecule has 0 heterocycles. The molecule has 0 aromatic heterocycles. The van der Waals surface area contributed by atoms with Gasteiger partial charge in [0.15, 0.2) is 5.78 Å². The standard InChI is InChI=1S/C14H17NO5S/c1-9(16)10-4-2-5-11(8-10)21(19,20)15-13-7-3-6-12(13)14(17)18/h2,4-5,8,12-13,15H,3,6-7H2,1H3,(H,17,18). The van der Waals surface area contributed by atoms with Gasteiger partial charge < -0.3 is 5.11 Å². The molecule has 1 saturated carbocycles. The van der Waals surface area contributed by atoms with Gasteiger partial charge in [-0.15, -0.1) is 0 Å². The highest BCUT2D eigenvalue weighted by Crippen LogP contribution is 2.27. The summed E-state index contributed by atoms with van der Waals surface area (Å²) in [6.45, 7) is 1.36. The van der Waals surface area contributed by atoms with E-state index < -0.39 is 28.0 Å². The van der Waals surface area contributed by atoms with Crippen LogP contribution in [0.3, 0.4) is 0 Å². The maximum atomic E-state index is 12.3. The van der Waals surface area contributed by atoms with Gasteiger partial charge in [0.1, 0.15) is 0 Å². The zero-order valence-corrected chi connectivity index (χ0v) is 12.4. The normalized spacial score (nSPS) is 22.1. The fourth-order valence-corrected chi connectivity index (χ4v) is 3.90. The summed E-state index contributed by atoms with van der Waals surface area (Å²) in [5.74, 6) is -1.91. The average molecular weight is 311 g/mol. The minimum atomic E-state index is -3.83. The highest BCUT2D eigenvalue weighted by molar-refractivity contribution is 7.89. The van der Waals surface area contributed by atoms with Crippen LogP contribution in [0.4, 0.5) is 0 Å². The van der Waals surface area contributed by atoms with Crippen LogP contribution in [-0.4, -0.2) is 31.3 Å². The van der Waals surface area contributed by atoms with Gasteiger partial charge >= 0.3 is 5.97 Å². The van der Waals surface area contributed by atoms with Crippen LogP contribution >= 0.6 is 0 Å². The Morgan fingerprint density at radius 2 is 2.00 bits per heavy atom. The SMILES string of the molecule is CC(=O)c1cccc(S(=O)(=O)NC2CCCC2C(=O)O)c1. The Labute approximate surface area is 123 Å². The first-order valence-corrected chi connectivity index (χ1v) is 8.16. The van der Waals surface area contributed by atoms with Crippen molar-refractivity contribution in [2.75, 3.05) is 0 Å². The second-order valence-electron chi connectivity index (χ2n) is 5.19. The molecule has 0 spiro atoms. The van der Waals surface area contributed by atoms with Gasteiger partial charge in [-0.25, -0.2) is 13.1 Å². The summed E-state index contributed by atoms with van der Waals surface area (Å²) in [5.41, 5.74) is 0.305. The Balaban J connectivity index is 2.24. The smallest absolute Gasteiger partial charge is 0.308 e. The van der Waals surface area contributed by atoms with E-state index in [-0.39, 0.29) is 10.7 Å². The number of aliphatic carboxylic acids is 1. The third-order valence-corrected chi connectivity index (χ3v) is 5.18. The van der Waals surface area contributed by atoms with E-state index in [0.29, 0.717) is 24.8 Å². The molecule has 0 radical (unpaired) electrons. The van der Waals surface area contributed by atoms with Crippen LogP contribution in [0.5, 0.6) is 0 Å². The van der Waals surface area contributed by atoms with E-state index in [1.807, 2.05) is 0 Å². The topological polar surface area (TPSA) is 101 Å². The third-order valence-electron chi connectivity index (χ3n) is 3.69. The van der Waals surface area contributed by atoms with Crippen molar-refractivity contribution in [3.05, 3.63) is 29.8 Å². The number of carboxylic acid groups (broad SMARTS) is 1. The highest BCUT2D eigenvalue weighted by atomic mass is 32.2. The van der Waals surface area contributed by atoms with Crippen LogP contribution < -0.4 is 4.72 Å². The first-order valence-electron chi connectivity index (χ1n) is 6.67. The molecule has 0 aliphatic heterocycles. The van der Waals surface area contributed by atoms with Crippen LogP contribution in [0.25, 0.3) is 0 Å². The minimum absolute atomic E-state index is 0.0220. The fraction of sp³-hybridized carbons (Fsp3) is 0.429. The van der Waals surface area contributed by atoms with Crippen molar-refractivity contribution in [2.24, 2.45) is 5.92 Å². The van der Waals surface area contributed by atoms with Crippen molar-refractivity contribution >= 4 is 21.8 Å². The number of hydrogen-bond acceptors (Lipinski definition) is 4. The summed E-state index contributed by atoms with van der Waals surface area (Å²) in [6, 6.07) is 5.12. The number of rotatable bonds is 5. The molecule has 2 rings (SSSR count). The van der Waals surface area contributed by atoms with Crippen LogP contribution in [0, 0.1) is 5.92 Å². The summed E-state index contributed by atoms with van der Waals surface area (Å²) in [6.07, 6.45) is 1.65. The van der Waals surface area contributed by atoms with Crippen molar-refractivity contribution in [1.29, 1.82) is 0 Å². The van der Waals surface area contributed by atoms with Gasteiger partial charge in [-0.05, 0) is 31.9 Å². The van der Waals surface area contributed by atoms with Crippen LogP contribution in [-0.2, 0) is 14.8 Å². The average Bonchev–Trinajstić information content (AvgIpc) is 2.86. The second-order valence-corrected chi connectivity index (χ2v) is 6.90. The molecule has 6 nitrogen and oxygen atoms in total. The van der Waals surface area contributed by atoms with Gasteiger partial charge in [0.2, 0.25) is 10.0 Å². The number of carboxylic acids is 1. The molecule has 114 valence electrons. The van der Waals surface area contributed by atoms with Crippen molar-refractivity contribution < 1.29 is 23.1 Å². The Morgan fingerprint density at radius 3 is 2.62 bits per heavy atom. The Bertz CT molecular complexity index is 668. The van der Waals surface area contributed by atoms with Gasteiger partial charge in [0.25, 0.3) is 0 Å². The lowest BCUT2D eigenvalue weighted by atomic mass is 10.1. The van der Waals surface area contributed by atoms with Crippen LogP contribution in [0.2, 0.25) is 0 Å². The Morgan fingerprint density at radius 1 is 1.29 bits per heavy atom. The molecular formula is C14H17NO5S. The molecule has 2 N–H and O–H groups in total. The zero-order valence-electron chi connectivity index (χ0n) is 11.6. The molecule has 1 aromatic rings. The third kappa shape index (κ3) is 3.48. The Hall–Kier alpha value is -1.73. The minimum Gasteiger partial charge on any atom is -0.481 e. The summed E-state index contributed by atoms with van der Waals surface area (Å²) in [4.78, 5) is 22.4. The molecule has 1 aromatic carbocycles. The maximum absolute atomic E-state index is 12.3. The quantitative estimate of drug-likeness (QED) is 0.801. The summed E-state index contributed by atoms with van der Waals surface area (Å²) in [7, 11) is -3.83. The molecule has 2 unspecified atom stereocenters. The van der Waals surface area contributed by atoms with E-state index in [9.17, 15) is 18.0 Å². The summed E-state index contributed by atoms with van der Waals surface area (Å²) >= 11 is 0. The van der Waals surface area contributed by atoms with Crippen LogP contribution in [0.1, 0.15) is 36.5 Å². The number of Topliss-reactive ketones (excluding diaryl/α,β-unsaturated/α-hetero) is 1. The van der Waals surface area contributed by atoms with Gasteiger partial charge in [-0.3, -0.25) is 9.59 Å². The number of benzene rings is 1. The molecule has 1 aliphatic rings. The lowest BCUT2D eigenvalue weighted by Gasteiger charge is -2.17. The van der Waals surface area contributed by atoms with Crippen molar-refractivity contribution in [1.82, 2.24) is 4.72 Å². The maximum Gasteiger partial charge on any atom is 0.308 e. The second kappa shape index (κ2) is 5.95. The van der Waals surface area contributed by atoms with Crippen molar-refractivity contribution in [2.45, 2.75) is 37.1 Å². The number of carbonyl (C=O) groups is 2. The van der Waals surface area contributed by atoms with Gasteiger partial charge in [-0.1, -0.05) is 18.6 Å². The lowest BCUT2D eigenvalue weighted by Crippen LogP contribution is -2.40. The molecule has 0 saturated heterocycles. The van der Waals surface area contributed by atoms with E-state index in [0.717, 1.165) is 0 Å². The van der Waals surface area contributed by atoms with Crippen molar-refractivity contribution in [3.8, 4) is 0 Å². The fourth-order valence-electron chi connectivity index (χ4n) is 2.55. The first kappa shape index (κ1) is 15.7. The number of sulfonamides is 1.